The van der Waals surface area contributed by atoms with E-state index in [9.17, 15) is 4.79 Å². The molecule has 174 valence electrons. The van der Waals surface area contributed by atoms with Crippen molar-refractivity contribution in [2.24, 2.45) is 0 Å². The fourth-order valence-electron chi connectivity index (χ4n) is 4.27. The van der Waals surface area contributed by atoms with Gasteiger partial charge in [0.2, 0.25) is 0 Å². The number of aromatic nitrogens is 1. The number of nitrogens with zero attached hydrogens (tertiary/aromatic N) is 1. The molecular formula is C31H27NO3. The molecular weight excluding hydrogens is 434 g/mol. The SMILES string of the molecule is O=CCc1cn(CCCOc2ccccc2)c2ccc(-c3ccc(Oc4ccccc4)cc3)cc12. The molecule has 1 heterocycles. The maximum absolute atomic E-state index is 11.3. The number of benzene rings is 4. The van der Waals surface area contributed by atoms with E-state index in [0.29, 0.717) is 13.0 Å². The molecule has 0 amide bonds. The zero-order valence-corrected chi connectivity index (χ0v) is 19.5. The van der Waals surface area contributed by atoms with Crippen molar-refractivity contribution in [3.8, 4) is 28.4 Å². The molecule has 0 fully saturated rings. The van der Waals surface area contributed by atoms with Crippen LogP contribution in [0.25, 0.3) is 22.0 Å². The third-order valence-electron chi connectivity index (χ3n) is 5.99. The van der Waals surface area contributed by atoms with Crippen LogP contribution in [0.4, 0.5) is 0 Å². The average Bonchev–Trinajstić information content (AvgIpc) is 3.25. The van der Waals surface area contributed by atoms with Crippen LogP contribution in [0.1, 0.15) is 12.0 Å². The minimum Gasteiger partial charge on any atom is -0.494 e. The second kappa shape index (κ2) is 10.7. The molecule has 0 saturated heterocycles. The number of hydrogen-bond acceptors (Lipinski definition) is 3. The lowest BCUT2D eigenvalue weighted by atomic mass is 10.0. The van der Waals surface area contributed by atoms with Gasteiger partial charge in [-0.05, 0) is 71.6 Å². The zero-order valence-electron chi connectivity index (χ0n) is 19.5. The minimum absolute atomic E-state index is 0.400. The third kappa shape index (κ3) is 5.44. The zero-order chi connectivity index (χ0) is 23.9. The van der Waals surface area contributed by atoms with Gasteiger partial charge in [0.1, 0.15) is 23.5 Å². The van der Waals surface area contributed by atoms with E-state index in [1.807, 2.05) is 72.8 Å². The highest BCUT2D eigenvalue weighted by atomic mass is 16.5. The fourth-order valence-corrected chi connectivity index (χ4v) is 4.27. The van der Waals surface area contributed by atoms with Crippen LogP contribution >= 0.6 is 0 Å². The molecule has 0 radical (unpaired) electrons. The van der Waals surface area contributed by atoms with Crippen LogP contribution in [0.15, 0.2) is 109 Å². The highest BCUT2D eigenvalue weighted by molar-refractivity contribution is 5.90. The minimum atomic E-state index is 0.400. The number of ether oxygens (including phenoxy) is 2. The van der Waals surface area contributed by atoms with Crippen LogP contribution in [0, 0.1) is 0 Å². The number of hydrogen-bond donors (Lipinski definition) is 0. The van der Waals surface area contributed by atoms with Gasteiger partial charge in [0, 0.05) is 30.1 Å². The molecule has 4 nitrogen and oxygen atoms in total. The molecule has 0 unspecified atom stereocenters. The Morgan fingerprint density at radius 1 is 0.714 bits per heavy atom. The highest BCUT2D eigenvalue weighted by Crippen LogP contribution is 2.30. The van der Waals surface area contributed by atoms with Crippen LogP contribution < -0.4 is 9.47 Å². The number of aldehydes is 1. The van der Waals surface area contributed by atoms with Gasteiger partial charge in [0.05, 0.1) is 6.61 Å². The molecule has 5 aromatic rings. The van der Waals surface area contributed by atoms with Crippen molar-refractivity contribution in [3.05, 3.63) is 115 Å². The van der Waals surface area contributed by atoms with Crippen LogP contribution in [0.2, 0.25) is 0 Å². The van der Waals surface area contributed by atoms with E-state index in [4.69, 9.17) is 9.47 Å². The number of aryl methyl sites for hydroxylation is 1. The summed E-state index contributed by atoms with van der Waals surface area (Å²) in [5, 5.41) is 1.11. The van der Waals surface area contributed by atoms with Crippen molar-refractivity contribution in [3.63, 3.8) is 0 Å². The number of carbonyl (C=O) groups is 1. The van der Waals surface area contributed by atoms with Crippen molar-refractivity contribution >= 4 is 17.2 Å². The Kier molecular flexibility index (Phi) is 6.90. The van der Waals surface area contributed by atoms with Crippen LogP contribution in [-0.4, -0.2) is 17.5 Å². The van der Waals surface area contributed by atoms with Gasteiger partial charge in [-0.3, -0.25) is 0 Å². The Hall–Kier alpha value is -4.31. The molecule has 0 N–H and O–H groups in total. The molecule has 0 bridgehead atoms. The molecule has 0 spiro atoms. The van der Waals surface area contributed by atoms with Crippen LogP contribution in [0.3, 0.4) is 0 Å². The van der Waals surface area contributed by atoms with Gasteiger partial charge in [-0.2, -0.15) is 0 Å². The molecule has 0 aliphatic heterocycles. The summed E-state index contributed by atoms with van der Waals surface area (Å²) in [4.78, 5) is 11.3. The molecule has 1 aromatic heterocycles. The third-order valence-corrected chi connectivity index (χ3v) is 5.99. The van der Waals surface area contributed by atoms with Crippen molar-refractivity contribution in [1.82, 2.24) is 4.57 Å². The summed E-state index contributed by atoms with van der Waals surface area (Å²) in [6.45, 7) is 1.47. The van der Waals surface area contributed by atoms with E-state index in [1.54, 1.807) is 0 Å². The summed E-state index contributed by atoms with van der Waals surface area (Å²) in [7, 11) is 0. The molecule has 35 heavy (non-hydrogen) atoms. The molecule has 4 aromatic carbocycles. The van der Waals surface area contributed by atoms with E-state index in [0.717, 1.165) is 64.1 Å². The maximum atomic E-state index is 11.3. The van der Waals surface area contributed by atoms with Crippen molar-refractivity contribution in [1.29, 1.82) is 0 Å². The summed E-state index contributed by atoms with van der Waals surface area (Å²) >= 11 is 0. The quantitative estimate of drug-likeness (QED) is 0.162. The second-order valence-corrected chi connectivity index (χ2v) is 8.41. The predicted octanol–water partition coefficient (Wildman–Crippen LogP) is 7.31. The maximum Gasteiger partial charge on any atom is 0.127 e. The number of fused-ring (bicyclic) bond motifs is 1. The van der Waals surface area contributed by atoms with Crippen molar-refractivity contribution < 1.29 is 14.3 Å². The fraction of sp³-hybridized carbons (Fsp3) is 0.129. The summed E-state index contributed by atoms with van der Waals surface area (Å²) in [5.41, 5.74) is 4.40. The topological polar surface area (TPSA) is 40.5 Å². The van der Waals surface area contributed by atoms with Gasteiger partial charge in [-0.1, -0.05) is 54.6 Å². The Morgan fingerprint density at radius 3 is 2.09 bits per heavy atom. The largest absolute Gasteiger partial charge is 0.494 e. The van der Waals surface area contributed by atoms with E-state index in [2.05, 4.69) is 41.1 Å². The highest BCUT2D eigenvalue weighted by Gasteiger charge is 2.10. The smallest absolute Gasteiger partial charge is 0.127 e. The Bertz CT molecular complexity index is 1390. The van der Waals surface area contributed by atoms with Crippen molar-refractivity contribution in [2.45, 2.75) is 19.4 Å². The molecule has 0 atom stereocenters. The first-order valence-corrected chi connectivity index (χ1v) is 11.9. The van der Waals surface area contributed by atoms with Gasteiger partial charge in [-0.25, -0.2) is 0 Å². The van der Waals surface area contributed by atoms with E-state index < -0.39 is 0 Å². The summed E-state index contributed by atoms with van der Waals surface area (Å²) in [5.74, 6) is 2.50. The molecule has 4 heteroatoms. The molecule has 0 aliphatic carbocycles. The Balaban J connectivity index is 1.32. The predicted molar refractivity (Wildman–Crippen MR) is 140 cm³/mol. The van der Waals surface area contributed by atoms with E-state index in [-0.39, 0.29) is 0 Å². The average molecular weight is 462 g/mol. The van der Waals surface area contributed by atoms with Gasteiger partial charge >= 0.3 is 0 Å². The lowest BCUT2D eigenvalue weighted by Crippen LogP contribution is -2.03. The number of rotatable bonds is 10. The lowest BCUT2D eigenvalue weighted by Gasteiger charge is -2.09. The van der Waals surface area contributed by atoms with E-state index in [1.165, 1.54) is 0 Å². The second-order valence-electron chi connectivity index (χ2n) is 8.41. The van der Waals surface area contributed by atoms with Gasteiger partial charge in [0.25, 0.3) is 0 Å². The normalized spacial score (nSPS) is 10.9. The summed E-state index contributed by atoms with van der Waals surface area (Å²) in [6, 6.07) is 34.2. The Labute approximate surface area is 205 Å². The summed E-state index contributed by atoms with van der Waals surface area (Å²) < 4.78 is 14.0. The first-order valence-electron chi connectivity index (χ1n) is 11.9. The number of para-hydroxylation sites is 2. The van der Waals surface area contributed by atoms with Gasteiger partial charge < -0.3 is 18.8 Å². The van der Waals surface area contributed by atoms with Crippen LogP contribution in [0.5, 0.6) is 17.2 Å². The Morgan fingerprint density at radius 2 is 1.37 bits per heavy atom. The van der Waals surface area contributed by atoms with Gasteiger partial charge in [-0.15, -0.1) is 0 Å². The monoisotopic (exact) mass is 461 g/mol. The first-order chi connectivity index (χ1) is 17.3. The first kappa shape index (κ1) is 22.5. The molecule has 0 aliphatic rings. The summed E-state index contributed by atoms with van der Waals surface area (Å²) in [6.07, 6.45) is 4.35. The number of carbonyl (C=O) groups excluding carboxylic acids is 1. The molecule has 0 saturated carbocycles. The standard InChI is InChI=1S/C31H27NO3/c33-20-18-26-23-32(19-7-21-34-27-8-3-1-4-9-27)31-17-14-25(22-30(26)31)24-12-15-29(16-13-24)35-28-10-5-2-6-11-28/h1-6,8-17,20,22-23H,7,18-19,21H2. The molecule has 5 rings (SSSR count). The van der Waals surface area contributed by atoms with Crippen molar-refractivity contribution in [2.75, 3.05) is 6.61 Å². The lowest BCUT2D eigenvalue weighted by molar-refractivity contribution is -0.107. The van der Waals surface area contributed by atoms with Crippen LogP contribution in [-0.2, 0) is 17.8 Å². The van der Waals surface area contributed by atoms with Gasteiger partial charge in [0.15, 0.2) is 0 Å². The van der Waals surface area contributed by atoms with E-state index >= 15 is 0 Å².